The van der Waals surface area contributed by atoms with Crippen molar-refractivity contribution in [2.45, 2.75) is 39.7 Å². The van der Waals surface area contributed by atoms with Gasteiger partial charge in [-0.2, -0.15) is 0 Å². The summed E-state index contributed by atoms with van der Waals surface area (Å²) in [5.41, 5.74) is 1.07. The number of likely N-dealkylation sites (N-methyl/N-ethyl adjacent to an activating group) is 1. The van der Waals surface area contributed by atoms with Gasteiger partial charge in [0.1, 0.15) is 5.82 Å². The highest BCUT2D eigenvalue weighted by Crippen LogP contribution is 2.22. The topological polar surface area (TPSA) is 62.7 Å². The van der Waals surface area contributed by atoms with Gasteiger partial charge in [0.25, 0.3) is 0 Å². The lowest BCUT2D eigenvalue weighted by atomic mass is 10.1. The Morgan fingerprint density at radius 2 is 2.05 bits per heavy atom. The SMILES string of the molecule is CCN(c1cc(C(=O)O)cc(C(C)C)n1)C(C)COC. The summed E-state index contributed by atoms with van der Waals surface area (Å²) < 4.78 is 5.18. The van der Waals surface area contributed by atoms with Crippen LogP contribution >= 0.6 is 0 Å². The van der Waals surface area contributed by atoms with Gasteiger partial charge in [0.2, 0.25) is 0 Å². The van der Waals surface area contributed by atoms with E-state index < -0.39 is 5.97 Å². The van der Waals surface area contributed by atoms with E-state index in [1.165, 1.54) is 0 Å². The summed E-state index contributed by atoms with van der Waals surface area (Å²) in [5, 5.41) is 9.24. The Morgan fingerprint density at radius 1 is 1.40 bits per heavy atom. The van der Waals surface area contributed by atoms with Crippen molar-refractivity contribution in [2.24, 2.45) is 0 Å². The number of hydrogen-bond donors (Lipinski definition) is 1. The molecule has 1 heterocycles. The van der Waals surface area contributed by atoms with Crippen LogP contribution in [0.5, 0.6) is 0 Å². The molecular formula is C15H24N2O3. The fourth-order valence-electron chi connectivity index (χ4n) is 2.13. The van der Waals surface area contributed by atoms with Crippen LogP contribution in [0.15, 0.2) is 12.1 Å². The van der Waals surface area contributed by atoms with Crippen molar-refractivity contribution in [2.75, 3.05) is 25.2 Å². The second-order valence-electron chi connectivity index (χ2n) is 5.19. The largest absolute Gasteiger partial charge is 0.478 e. The van der Waals surface area contributed by atoms with Crippen LogP contribution in [-0.2, 0) is 4.74 Å². The zero-order chi connectivity index (χ0) is 15.3. The number of rotatable bonds is 7. The third-order valence-electron chi connectivity index (χ3n) is 3.25. The number of ether oxygens (including phenoxy) is 1. The lowest BCUT2D eigenvalue weighted by molar-refractivity contribution is 0.0696. The Bertz CT molecular complexity index is 460. The predicted octanol–water partition coefficient (Wildman–Crippen LogP) is 2.76. The maximum absolute atomic E-state index is 11.3. The molecule has 0 saturated carbocycles. The first-order valence-corrected chi connectivity index (χ1v) is 6.91. The van der Waals surface area contributed by atoms with E-state index in [1.54, 1.807) is 19.2 Å². The molecule has 0 amide bonds. The number of aromatic carboxylic acids is 1. The van der Waals surface area contributed by atoms with Gasteiger partial charge in [-0.1, -0.05) is 13.8 Å². The molecule has 20 heavy (non-hydrogen) atoms. The Labute approximate surface area is 120 Å². The zero-order valence-corrected chi connectivity index (χ0v) is 12.9. The van der Waals surface area contributed by atoms with Crippen LogP contribution in [0.1, 0.15) is 49.7 Å². The molecule has 1 unspecified atom stereocenters. The molecule has 0 saturated heterocycles. The molecule has 1 aromatic heterocycles. The average molecular weight is 280 g/mol. The van der Waals surface area contributed by atoms with Gasteiger partial charge in [-0.05, 0) is 31.9 Å². The predicted molar refractivity (Wildman–Crippen MR) is 79.6 cm³/mol. The molecule has 0 aromatic carbocycles. The molecule has 0 aliphatic heterocycles. The number of aromatic nitrogens is 1. The summed E-state index contributed by atoms with van der Waals surface area (Å²) in [6, 6.07) is 3.41. The van der Waals surface area contributed by atoms with E-state index in [-0.39, 0.29) is 17.5 Å². The molecule has 1 rings (SSSR count). The number of anilines is 1. The monoisotopic (exact) mass is 280 g/mol. The summed E-state index contributed by atoms with van der Waals surface area (Å²) in [4.78, 5) is 17.9. The molecule has 1 aromatic rings. The molecule has 5 heteroatoms. The van der Waals surface area contributed by atoms with Gasteiger partial charge >= 0.3 is 5.97 Å². The molecule has 0 bridgehead atoms. The molecule has 0 spiro atoms. The first-order valence-electron chi connectivity index (χ1n) is 6.91. The quantitative estimate of drug-likeness (QED) is 0.832. The Hall–Kier alpha value is -1.62. The Kier molecular flexibility index (Phi) is 5.95. The maximum Gasteiger partial charge on any atom is 0.335 e. The summed E-state index contributed by atoms with van der Waals surface area (Å²) >= 11 is 0. The van der Waals surface area contributed by atoms with Crippen molar-refractivity contribution in [1.82, 2.24) is 4.98 Å². The highest BCUT2D eigenvalue weighted by atomic mass is 16.5. The van der Waals surface area contributed by atoms with E-state index in [0.29, 0.717) is 12.4 Å². The fourth-order valence-corrected chi connectivity index (χ4v) is 2.13. The second-order valence-corrected chi connectivity index (χ2v) is 5.19. The van der Waals surface area contributed by atoms with E-state index >= 15 is 0 Å². The molecule has 1 N–H and O–H groups in total. The Morgan fingerprint density at radius 3 is 2.50 bits per heavy atom. The number of hydrogen-bond acceptors (Lipinski definition) is 4. The van der Waals surface area contributed by atoms with Crippen LogP contribution in [0.3, 0.4) is 0 Å². The van der Waals surface area contributed by atoms with E-state index in [0.717, 1.165) is 12.2 Å². The number of carboxylic acid groups (broad SMARTS) is 1. The number of methoxy groups -OCH3 is 1. The van der Waals surface area contributed by atoms with Crippen LogP contribution < -0.4 is 4.90 Å². The molecular weight excluding hydrogens is 256 g/mol. The third-order valence-corrected chi connectivity index (χ3v) is 3.25. The van der Waals surface area contributed by atoms with Crippen LogP contribution in [0.25, 0.3) is 0 Å². The summed E-state index contributed by atoms with van der Waals surface area (Å²) in [6.07, 6.45) is 0. The zero-order valence-electron chi connectivity index (χ0n) is 12.9. The van der Waals surface area contributed by atoms with Crippen LogP contribution in [0.4, 0.5) is 5.82 Å². The van der Waals surface area contributed by atoms with Gasteiger partial charge in [-0.3, -0.25) is 0 Å². The molecule has 0 radical (unpaired) electrons. The standard InChI is InChI=1S/C15H24N2O3/c1-6-17(11(4)9-20-5)14-8-12(15(18)19)7-13(16-14)10(2)3/h7-8,10-11H,6,9H2,1-5H3,(H,18,19). The molecule has 0 aliphatic rings. The van der Waals surface area contributed by atoms with Gasteiger partial charge in [0.15, 0.2) is 0 Å². The highest BCUT2D eigenvalue weighted by Gasteiger charge is 2.18. The van der Waals surface area contributed by atoms with E-state index in [9.17, 15) is 9.90 Å². The summed E-state index contributed by atoms with van der Waals surface area (Å²) in [6.45, 7) is 9.40. The van der Waals surface area contributed by atoms with Crippen molar-refractivity contribution < 1.29 is 14.6 Å². The first-order chi connectivity index (χ1) is 9.40. The van der Waals surface area contributed by atoms with Crippen molar-refractivity contribution >= 4 is 11.8 Å². The van der Waals surface area contributed by atoms with E-state index in [1.807, 2.05) is 27.7 Å². The average Bonchev–Trinajstić information content (AvgIpc) is 2.39. The number of carboxylic acids is 1. The number of pyridine rings is 1. The van der Waals surface area contributed by atoms with Crippen molar-refractivity contribution in [3.05, 3.63) is 23.4 Å². The number of nitrogens with zero attached hydrogens (tertiary/aromatic N) is 2. The minimum Gasteiger partial charge on any atom is -0.478 e. The summed E-state index contributed by atoms with van der Waals surface area (Å²) in [7, 11) is 1.66. The maximum atomic E-state index is 11.3. The smallest absolute Gasteiger partial charge is 0.335 e. The van der Waals surface area contributed by atoms with Gasteiger partial charge < -0.3 is 14.7 Å². The number of carbonyl (C=O) groups is 1. The van der Waals surface area contributed by atoms with Gasteiger partial charge in [0, 0.05) is 19.3 Å². The fraction of sp³-hybridized carbons (Fsp3) is 0.600. The van der Waals surface area contributed by atoms with Crippen LogP contribution in [-0.4, -0.2) is 42.4 Å². The second kappa shape index (κ2) is 7.24. The summed E-state index contributed by atoms with van der Waals surface area (Å²) in [5.74, 6) is -0.0452. The third kappa shape index (κ3) is 3.93. The van der Waals surface area contributed by atoms with E-state index in [2.05, 4.69) is 9.88 Å². The van der Waals surface area contributed by atoms with E-state index in [4.69, 9.17) is 4.74 Å². The molecule has 112 valence electrons. The minimum atomic E-state index is -0.925. The van der Waals surface area contributed by atoms with Crippen LogP contribution in [0.2, 0.25) is 0 Å². The molecule has 1 atom stereocenters. The highest BCUT2D eigenvalue weighted by molar-refractivity contribution is 5.88. The van der Waals surface area contributed by atoms with Gasteiger partial charge in [-0.25, -0.2) is 9.78 Å². The van der Waals surface area contributed by atoms with Gasteiger partial charge in [0.05, 0.1) is 18.2 Å². The molecule has 0 aliphatic carbocycles. The normalized spacial score (nSPS) is 12.5. The van der Waals surface area contributed by atoms with Crippen molar-refractivity contribution in [3.8, 4) is 0 Å². The Balaban J connectivity index is 3.23. The van der Waals surface area contributed by atoms with Crippen molar-refractivity contribution in [1.29, 1.82) is 0 Å². The lowest BCUT2D eigenvalue weighted by Gasteiger charge is -2.29. The first kappa shape index (κ1) is 16.4. The van der Waals surface area contributed by atoms with Gasteiger partial charge in [-0.15, -0.1) is 0 Å². The van der Waals surface area contributed by atoms with Crippen molar-refractivity contribution in [3.63, 3.8) is 0 Å². The molecule has 5 nitrogen and oxygen atoms in total. The van der Waals surface area contributed by atoms with Crippen LogP contribution in [0, 0.1) is 0 Å². The molecule has 0 fully saturated rings. The minimum absolute atomic E-state index is 0.140. The lowest BCUT2D eigenvalue weighted by Crippen LogP contribution is -2.37.